The number of halogens is 2. The van der Waals surface area contributed by atoms with Crippen LogP contribution < -0.4 is 4.74 Å². The first kappa shape index (κ1) is 28.5. The molecule has 5 rings (SSSR count). The summed E-state index contributed by atoms with van der Waals surface area (Å²) in [6.45, 7) is 4.17. The molecular weight excluding hydrogens is 585 g/mol. The van der Waals surface area contributed by atoms with Gasteiger partial charge in [0.15, 0.2) is 0 Å². The van der Waals surface area contributed by atoms with E-state index in [4.69, 9.17) is 27.9 Å². The highest BCUT2D eigenvalue weighted by molar-refractivity contribution is 8.18. The maximum absolute atomic E-state index is 13.1. The van der Waals surface area contributed by atoms with Crippen molar-refractivity contribution in [1.29, 1.82) is 0 Å². The van der Waals surface area contributed by atoms with Gasteiger partial charge in [-0.05, 0) is 85.3 Å². The Morgan fingerprint density at radius 1 is 1.00 bits per heavy atom. The van der Waals surface area contributed by atoms with Crippen LogP contribution in [0.4, 0.5) is 10.5 Å². The van der Waals surface area contributed by atoms with Crippen molar-refractivity contribution < 1.29 is 19.2 Å². The van der Waals surface area contributed by atoms with Crippen LogP contribution in [0.5, 0.6) is 5.75 Å². The van der Waals surface area contributed by atoms with Gasteiger partial charge in [0.2, 0.25) is 0 Å². The molecule has 0 spiro atoms. The van der Waals surface area contributed by atoms with Gasteiger partial charge in [0, 0.05) is 44.8 Å². The third-order valence-electron chi connectivity index (χ3n) is 6.60. The molecule has 208 valence electrons. The van der Waals surface area contributed by atoms with Crippen LogP contribution in [-0.2, 0) is 17.9 Å². The molecule has 1 saturated heterocycles. The molecule has 1 aliphatic heterocycles. The van der Waals surface area contributed by atoms with Gasteiger partial charge in [-0.25, -0.2) is 0 Å². The molecular formula is C30H23Cl2N3O5S. The standard InChI is InChI=1S/C30H23Cl2N3O5S/c1-18-12-22(14-28-29(36)33(30(37)41-28)16-20-4-3-5-25(13-20)35(38)39)19(2)34(18)24-8-10-26(11-9-24)40-17-21-6-7-23(31)15-27(21)32/h3-15H,16-17H2,1-2H3/b28-14-. The van der Waals surface area contributed by atoms with Crippen molar-refractivity contribution >= 4 is 57.9 Å². The number of nitro groups is 1. The SMILES string of the molecule is Cc1cc(/C=C2\SC(=O)N(Cc3cccc([N+](=O)[O-])c3)C2=O)c(C)n1-c1ccc(OCc2ccc(Cl)cc2Cl)cc1. The van der Waals surface area contributed by atoms with Crippen LogP contribution in [-0.4, -0.2) is 25.5 Å². The van der Waals surface area contributed by atoms with Gasteiger partial charge in [-0.2, -0.15) is 0 Å². The first-order chi connectivity index (χ1) is 19.6. The zero-order valence-electron chi connectivity index (χ0n) is 22.0. The first-order valence-electron chi connectivity index (χ1n) is 12.5. The lowest BCUT2D eigenvalue weighted by Crippen LogP contribution is -2.27. The van der Waals surface area contributed by atoms with Crippen LogP contribution >= 0.6 is 35.0 Å². The molecule has 0 atom stereocenters. The van der Waals surface area contributed by atoms with E-state index < -0.39 is 16.1 Å². The monoisotopic (exact) mass is 607 g/mol. The zero-order valence-corrected chi connectivity index (χ0v) is 24.3. The van der Waals surface area contributed by atoms with E-state index in [1.54, 1.807) is 24.3 Å². The molecule has 1 aromatic heterocycles. The van der Waals surface area contributed by atoms with E-state index in [1.165, 1.54) is 18.2 Å². The summed E-state index contributed by atoms with van der Waals surface area (Å²) in [5.74, 6) is 0.249. The van der Waals surface area contributed by atoms with Crippen LogP contribution in [0.25, 0.3) is 11.8 Å². The predicted molar refractivity (Wildman–Crippen MR) is 161 cm³/mol. The van der Waals surface area contributed by atoms with Gasteiger partial charge in [-0.1, -0.05) is 41.4 Å². The first-order valence-corrected chi connectivity index (χ1v) is 14.0. The Kier molecular flexibility index (Phi) is 8.21. The van der Waals surface area contributed by atoms with Crippen molar-refractivity contribution in [3.8, 4) is 11.4 Å². The van der Waals surface area contributed by atoms with Gasteiger partial charge in [0.1, 0.15) is 12.4 Å². The van der Waals surface area contributed by atoms with Crippen LogP contribution in [0.2, 0.25) is 10.0 Å². The number of nitro benzene ring substituents is 1. The maximum atomic E-state index is 13.1. The average molecular weight is 609 g/mol. The molecule has 3 aromatic carbocycles. The second-order valence-electron chi connectivity index (χ2n) is 9.38. The van der Waals surface area contributed by atoms with E-state index in [2.05, 4.69) is 4.57 Å². The Labute approximate surface area is 250 Å². The van der Waals surface area contributed by atoms with Gasteiger partial charge in [-0.3, -0.25) is 24.6 Å². The smallest absolute Gasteiger partial charge is 0.293 e. The summed E-state index contributed by atoms with van der Waals surface area (Å²) < 4.78 is 7.95. The number of carbonyl (C=O) groups excluding carboxylic acids is 2. The minimum atomic E-state index is -0.509. The zero-order chi connectivity index (χ0) is 29.3. The number of nitrogens with zero attached hydrogens (tertiary/aromatic N) is 3. The highest BCUT2D eigenvalue weighted by Gasteiger charge is 2.35. The fraction of sp³-hybridized carbons (Fsp3) is 0.133. The highest BCUT2D eigenvalue weighted by Crippen LogP contribution is 2.35. The number of amides is 2. The molecule has 0 bridgehead atoms. The molecule has 4 aromatic rings. The topological polar surface area (TPSA) is 94.7 Å². The summed E-state index contributed by atoms with van der Waals surface area (Å²) in [4.78, 5) is 37.7. The second kappa shape index (κ2) is 11.8. The Bertz CT molecular complexity index is 1720. The van der Waals surface area contributed by atoms with Crippen molar-refractivity contribution in [2.75, 3.05) is 0 Å². The van der Waals surface area contributed by atoms with Crippen LogP contribution in [0.15, 0.2) is 77.7 Å². The lowest BCUT2D eigenvalue weighted by molar-refractivity contribution is -0.384. The van der Waals surface area contributed by atoms with Gasteiger partial charge >= 0.3 is 0 Å². The number of hydrogen-bond acceptors (Lipinski definition) is 6. The minimum absolute atomic E-state index is 0.0403. The quantitative estimate of drug-likeness (QED) is 0.114. The van der Waals surface area contributed by atoms with E-state index in [-0.39, 0.29) is 12.2 Å². The molecule has 11 heteroatoms. The molecule has 1 fully saturated rings. The summed E-state index contributed by atoms with van der Waals surface area (Å²) in [7, 11) is 0. The van der Waals surface area contributed by atoms with Crippen molar-refractivity contribution in [1.82, 2.24) is 9.47 Å². The molecule has 2 heterocycles. The van der Waals surface area contributed by atoms with Gasteiger partial charge < -0.3 is 9.30 Å². The van der Waals surface area contributed by atoms with E-state index >= 15 is 0 Å². The number of rotatable bonds is 8. The number of benzene rings is 3. The maximum Gasteiger partial charge on any atom is 0.293 e. The average Bonchev–Trinajstić information content (AvgIpc) is 3.37. The summed E-state index contributed by atoms with van der Waals surface area (Å²) in [5.41, 5.74) is 4.81. The third-order valence-corrected chi connectivity index (χ3v) is 8.09. The number of aromatic nitrogens is 1. The van der Waals surface area contributed by atoms with Crippen LogP contribution in [0.3, 0.4) is 0 Å². The largest absolute Gasteiger partial charge is 0.489 e. The van der Waals surface area contributed by atoms with E-state index in [0.717, 1.165) is 44.9 Å². The number of carbonyl (C=O) groups is 2. The second-order valence-corrected chi connectivity index (χ2v) is 11.2. The van der Waals surface area contributed by atoms with Crippen LogP contribution in [0.1, 0.15) is 28.1 Å². The molecule has 0 saturated carbocycles. The normalized spacial score (nSPS) is 14.2. The summed E-state index contributed by atoms with van der Waals surface area (Å²) in [6.07, 6.45) is 1.71. The number of thioether (sulfide) groups is 1. The number of aryl methyl sites for hydroxylation is 1. The number of hydrogen-bond donors (Lipinski definition) is 0. The third kappa shape index (κ3) is 6.17. The summed E-state index contributed by atoms with van der Waals surface area (Å²) in [5, 5.41) is 11.8. The van der Waals surface area contributed by atoms with Crippen LogP contribution in [0, 0.1) is 24.0 Å². The van der Waals surface area contributed by atoms with Crippen molar-refractivity contribution in [3.05, 3.63) is 126 Å². The molecule has 0 N–H and O–H groups in total. The minimum Gasteiger partial charge on any atom is -0.489 e. The molecule has 1 aliphatic rings. The fourth-order valence-corrected chi connectivity index (χ4v) is 5.84. The highest BCUT2D eigenvalue weighted by atomic mass is 35.5. The Morgan fingerprint density at radius 2 is 1.76 bits per heavy atom. The Hall–Kier alpha value is -4.05. The molecule has 0 radical (unpaired) electrons. The molecule has 8 nitrogen and oxygen atoms in total. The molecule has 0 aliphatic carbocycles. The summed E-state index contributed by atoms with van der Waals surface area (Å²) in [6, 6.07) is 20.8. The Morgan fingerprint density at radius 3 is 2.46 bits per heavy atom. The fourth-order valence-electron chi connectivity index (χ4n) is 4.55. The Balaban J connectivity index is 1.31. The van der Waals surface area contributed by atoms with E-state index in [0.29, 0.717) is 32.9 Å². The molecule has 0 unspecified atom stereocenters. The molecule has 41 heavy (non-hydrogen) atoms. The van der Waals surface area contributed by atoms with Gasteiger partial charge in [-0.15, -0.1) is 0 Å². The molecule has 2 amide bonds. The lowest BCUT2D eigenvalue weighted by atomic mass is 10.2. The van der Waals surface area contributed by atoms with E-state index in [9.17, 15) is 19.7 Å². The predicted octanol–water partition coefficient (Wildman–Crippen LogP) is 8.12. The van der Waals surface area contributed by atoms with Gasteiger partial charge in [0.05, 0.1) is 16.4 Å². The lowest BCUT2D eigenvalue weighted by Gasteiger charge is -2.12. The number of ether oxygens (including phenoxy) is 1. The van der Waals surface area contributed by atoms with Crippen molar-refractivity contribution in [2.45, 2.75) is 27.0 Å². The van der Waals surface area contributed by atoms with Gasteiger partial charge in [0.25, 0.3) is 16.8 Å². The van der Waals surface area contributed by atoms with Crippen molar-refractivity contribution in [3.63, 3.8) is 0 Å². The number of imide groups is 1. The summed E-state index contributed by atoms with van der Waals surface area (Å²) >= 11 is 13.1. The van der Waals surface area contributed by atoms with E-state index in [1.807, 2.05) is 50.2 Å². The van der Waals surface area contributed by atoms with Crippen molar-refractivity contribution in [2.24, 2.45) is 0 Å². The number of non-ortho nitro benzene ring substituents is 1.